The highest BCUT2D eigenvalue weighted by molar-refractivity contribution is 7.16. The maximum atomic E-state index is 14.2. The lowest BCUT2D eigenvalue weighted by molar-refractivity contribution is -0.137. The number of alkyl halides is 3. The molecule has 0 saturated carbocycles. The Balaban J connectivity index is 1.41. The summed E-state index contributed by atoms with van der Waals surface area (Å²) in [7, 11) is 0. The summed E-state index contributed by atoms with van der Waals surface area (Å²) in [6.45, 7) is 6.61. The molecule has 1 aromatic carbocycles. The molecule has 0 aliphatic carbocycles. The molecule has 2 fully saturated rings. The summed E-state index contributed by atoms with van der Waals surface area (Å²) < 4.78 is 54.4. The smallest absolute Gasteiger partial charge is 0.353 e. The van der Waals surface area contributed by atoms with E-state index in [0.29, 0.717) is 29.3 Å². The zero-order chi connectivity index (χ0) is 26.9. The number of piperazine rings is 1. The molecule has 0 bridgehead atoms. The molecule has 0 spiro atoms. The number of amides is 1. The van der Waals surface area contributed by atoms with Gasteiger partial charge in [-0.2, -0.15) is 13.2 Å². The molecule has 2 N–H and O–H groups in total. The highest BCUT2D eigenvalue weighted by Gasteiger charge is 2.32. The number of carbonyl (C=O) groups is 1. The Kier molecular flexibility index (Phi) is 7.59. The summed E-state index contributed by atoms with van der Waals surface area (Å²) in [6, 6.07) is 2.68. The number of benzene rings is 1. The van der Waals surface area contributed by atoms with Gasteiger partial charge in [-0.25, -0.2) is 19.3 Å². The lowest BCUT2D eigenvalue weighted by atomic mass is 10.1. The number of thiazole rings is 1. The van der Waals surface area contributed by atoms with E-state index < -0.39 is 23.5 Å². The van der Waals surface area contributed by atoms with Gasteiger partial charge >= 0.3 is 6.18 Å². The number of halogens is 4. The molecule has 2 aromatic heterocycles. The topological polar surface area (TPSA) is 86.3 Å². The van der Waals surface area contributed by atoms with Crippen LogP contribution in [0.2, 0.25) is 0 Å². The van der Waals surface area contributed by atoms with Crippen LogP contribution in [0.5, 0.6) is 0 Å². The van der Waals surface area contributed by atoms with Crippen LogP contribution in [0.1, 0.15) is 40.7 Å². The lowest BCUT2D eigenvalue weighted by Crippen LogP contribution is -2.44. The molecular weight excluding hydrogens is 522 g/mol. The predicted molar refractivity (Wildman–Crippen MR) is 137 cm³/mol. The maximum absolute atomic E-state index is 14.2. The van der Waals surface area contributed by atoms with Crippen molar-refractivity contribution < 1.29 is 22.4 Å². The first kappa shape index (κ1) is 26.4. The Morgan fingerprint density at radius 2 is 1.95 bits per heavy atom. The van der Waals surface area contributed by atoms with E-state index >= 15 is 0 Å². The van der Waals surface area contributed by atoms with Gasteiger partial charge in [-0.3, -0.25) is 15.0 Å². The average Bonchev–Trinajstić information content (AvgIpc) is 3.49. The fourth-order valence-corrected chi connectivity index (χ4v) is 5.70. The van der Waals surface area contributed by atoms with Crippen molar-refractivity contribution in [2.45, 2.75) is 38.5 Å². The fourth-order valence-electron chi connectivity index (χ4n) is 4.70. The lowest BCUT2D eigenvalue weighted by Gasteiger charge is -2.27. The number of hydrogen-bond acceptors (Lipinski definition) is 8. The van der Waals surface area contributed by atoms with Crippen LogP contribution >= 0.6 is 11.3 Å². The minimum atomic E-state index is -4.71. The number of carbonyl (C=O) groups excluding carboxylic acids is 1. The second-order valence-electron chi connectivity index (χ2n) is 9.43. The van der Waals surface area contributed by atoms with Crippen LogP contribution in [0.25, 0.3) is 11.3 Å². The van der Waals surface area contributed by atoms with Crippen LogP contribution in [-0.2, 0) is 12.7 Å². The third-order valence-electron chi connectivity index (χ3n) is 6.77. The van der Waals surface area contributed by atoms with Crippen LogP contribution in [0.4, 0.5) is 28.5 Å². The van der Waals surface area contributed by atoms with E-state index in [-0.39, 0.29) is 22.1 Å². The van der Waals surface area contributed by atoms with Gasteiger partial charge in [0.25, 0.3) is 5.91 Å². The highest BCUT2D eigenvalue weighted by atomic mass is 32.1. The summed E-state index contributed by atoms with van der Waals surface area (Å²) in [5, 5.41) is 6.14. The van der Waals surface area contributed by atoms with Gasteiger partial charge in [0.15, 0.2) is 5.13 Å². The summed E-state index contributed by atoms with van der Waals surface area (Å²) in [5.41, 5.74) is -0.780. The first-order valence-corrected chi connectivity index (χ1v) is 13.2. The molecule has 13 heteroatoms. The van der Waals surface area contributed by atoms with E-state index in [0.717, 1.165) is 69.0 Å². The molecular formula is C25H27F4N7OS. The van der Waals surface area contributed by atoms with Crippen molar-refractivity contribution in [2.75, 3.05) is 42.9 Å². The Bertz CT molecular complexity index is 1290. The predicted octanol–water partition coefficient (Wildman–Crippen LogP) is 4.40. The van der Waals surface area contributed by atoms with Crippen LogP contribution in [-0.4, -0.2) is 64.5 Å². The number of nitrogens with one attached hydrogen (secondary N) is 2. The Morgan fingerprint density at radius 3 is 2.61 bits per heavy atom. The number of aromatic nitrogens is 3. The third kappa shape index (κ3) is 5.94. The molecule has 8 nitrogen and oxygen atoms in total. The fraction of sp³-hybridized carbons (Fsp3) is 0.440. The molecule has 0 radical (unpaired) electrons. The second-order valence-corrected chi connectivity index (χ2v) is 10.5. The second kappa shape index (κ2) is 10.9. The van der Waals surface area contributed by atoms with Crippen molar-refractivity contribution in [3.63, 3.8) is 0 Å². The highest BCUT2D eigenvalue weighted by Crippen LogP contribution is 2.37. The van der Waals surface area contributed by atoms with E-state index in [9.17, 15) is 22.4 Å². The van der Waals surface area contributed by atoms with Crippen molar-refractivity contribution >= 4 is 28.2 Å². The van der Waals surface area contributed by atoms with Crippen LogP contribution < -0.4 is 15.5 Å². The quantitative estimate of drug-likeness (QED) is 0.441. The molecule has 202 valence electrons. The molecule has 2 aliphatic heterocycles. The monoisotopic (exact) mass is 549 g/mol. The molecule has 4 heterocycles. The Labute approximate surface area is 221 Å². The average molecular weight is 550 g/mol. The largest absolute Gasteiger partial charge is 0.416 e. The van der Waals surface area contributed by atoms with Gasteiger partial charge in [0.05, 0.1) is 23.7 Å². The van der Waals surface area contributed by atoms with Gasteiger partial charge in [-0.1, -0.05) is 11.3 Å². The molecule has 1 unspecified atom stereocenters. The van der Waals surface area contributed by atoms with Gasteiger partial charge in [0, 0.05) is 49.2 Å². The Morgan fingerprint density at radius 1 is 1.16 bits per heavy atom. The van der Waals surface area contributed by atoms with Crippen LogP contribution in [0.15, 0.2) is 30.6 Å². The van der Waals surface area contributed by atoms with Crippen LogP contribution in [0.3, 0.4) is 0 Å². The van der Waals surface area contributed by atoms with Gasteiger partial charge in [0.2, 0.25) is 0 Å². The minimum Gasteiger partial charge on any atom is -0.353 e. The maximum Gasteiger partial charge on any atom is 0.416 e. The van der Waals surface area contributed by atoms with E-state index in [2.05, 4.69) is 42.3 Å². The first-order chi connectivity index (χ1) is 18.2. The van der Waals surface area contributed by atoms with Crippen molar-refractivity contribution in [3.05, 3.63) is 52.5 Å². The molecule has 5 rings (SSSR count). The zero-order valence-corrected chi connectivity index (χ0v) is 21.5. The molecule has 2 aliphatic rings. The summed E-state index contributed by atoms with van der Waals surface area (Å²) in [6.07, 6.45) is 0.247. The van der Waals surface area contributed by atoms with Gasteiger partial charge in [0.1, 0.15) is 17.3 Å². The summed E-state index contributed by atoms with van der Waals surface area (Å²) in [5.74, 6) is -0.872. The SMILES string of the molecule is CC1CCCN1Cc1sc(NC(=O)c2cnc(N3CCNCC3)cn2)nc1-c1cc(F)cc(C(F)(F)F)c1. The van der Waals surface area contributed by atoms with E-state index in [1.165, 1.54) is 6.20 Å². The standard InChI is InChI=1S/C25H27F4N7OS/c1-15-3-2-6-36(15)14-20-22(16-9-17(25(27,28)29)11-18(26)10-16)33-24(38-20)34-23(37)19-12-32-21(13-31-19)35-7-4-30-5-8-35/h9-13,15,30H,2-8,14H2,1H3,(H,33,34,37). The van der Waals surface area contributed by atoms with E-state index in [4.69, 9.17) is 0 Å². The number of rotatable bonds is 6. The molecule has 1 atom stereocenters. The van der Waals surface area contributed by atoms with Gasteiger partial charge in [-0.15, -0.1) is 0 Å². The Hall–Kier alpha value is -3.16. The molecule has 1 amide bonds. The molecule has 2 saturated heterocycles. The van der Waals surface area contributed by atoms with Crippen molar-refractivity contribution in [3.8, 4) is 11.3 Å². The zero-order valence-electron chi connectivity index (χ0n) is 20.7. The summed E-state index contributed by atoms with van der Waals surface area (Å²) in [4.78, 5) is 30.8. The molecule has 38 heavy (non-hydrogen) atoms. The molecule has 3 aromatic rings. The summed E-state index contributed by atoms with van der Waals surface area (Å²) >= 11 is 1.16. The van der Waals surface area contributed by atoms with Crippen molar-refractivity contribution in [1.29, 1.82) is 0 Å². The van der Waals surface area contributed by atoms with Crippen molar-refractivity contribution in [2.24, 2.45) is 0 Å². The number of hydrogen-bond donors (Lipinski definition) is 2. The first-order valence-electron chi connectivity index (χ1n) is 12.4. The van der Waals surface area contributed by atoms with E-state index in [1.807, 2.05) is 0 Å². The normalized spacial score (nSPS) is 18.7. The van der Waals surface area contributed by atoms with Crippen LogP contribution in [0, 0.1) is 5.82 Å². The number of anilines is 2. The number of likely N-dealkylation sites (tertiary alicyclic amines) is 1. The third-order valence-corrected chi connectivity index (χ3v) is 7.72. The minimum absolute atomic E-state index is 0.0103. The van der Waals surface area contributed by atoms with Gasteiger partial charge in [-0.05, 0) is 44.5 Å². The van der Waals surface area contributed by atoms with E-state index in [1.54, 1.807) is 6.20 Å². The van der Waals surface area contributed by atoms with Crippen molar-refractivity contribution in [1.82, 2.24) is 25.2 Å². The number of nitrogens with zero attached hydrogens (tertiary/aromatic N) is 5. The van der Waals surface area contributed by atoms with Gasteiger partial charge < -0.3 is 10.2 Å².